The molecule has 10 heteroatoms. The zero-order valence-corrected chi connectivity index (χ0v) is 16.6. The first-order valence-electron chi connectivity index (χ1n) is 8.22. The fourth-order valence-electron chi connectivity index (χ4n) is 2.75. The van der Waals surface area contributed by atoms with Gasteiger partial charge in [0, 0.05) is 29.2 Å². The summed E-state index contributed by atoms with van der Waals surface area (Å²) in [5.74, 6) is 0. The number of nitro benzene ring substituents is 1. The molecule has 27 heavy (non-hydrogen) atoms. The van der Waals surface area contributed by atoms with E-state index < -0.39 is 14.9 Å². The van der Waals surface area contributed by atoms with Crippen LogP contribution in [0.25, 0.3) is 0 Å². The lowest BCUT2D eigenvalue weighted by atomic mass is 10.2. The van der Waals surface area contributed by atoms with Gasteiger partial charge in [-0.25, -0.2) is 8.42 Å². The highest BCUT2D eigenvalue weighted by Gasteiger charge is 2.29. The van der Waals surface area contributed by atoms with Crippen molar-refractivity contribution in [3.63, 3.8) is 0 Å². The molecule has 1 saturated heterocycles. The van der Waals surface area contributed by atoms with Gasteiger partial charge in [0.2, 0.25) is 10.0 Å². The normalized spacial score (nSPS) is 15.3. The summed E-state index contributed by atoms with van der Waals surface area (Å²) in [4.78, 5) is 10.7. The number of nitrogens with zero attached hydrogens (tertiary/aromatic N) is 3. The van der Waals surface area contributed by atoms with E-state index in [1.54, 1.807) is 0 Å². The second kappa shape index (κ2) is 8.15. The van der Waals surface area contributed by atoms with Gasteiger partial charge in [0.1, 0.15) is 5.69 Å². The summed E-state index contributed by atoms with van der Waals surface area (Å²) in [6, 6.07) is 11.2. The zero-order valence-electron chi connectivity index (χ0n) is 14.2. The quantitative estimate of drug-likeness (QED) is 0.409. The number of anilines is 1. The van der Waals surface area contributed by atoms with Crippen LogP contribution in [0.3, 0.4) is 0 Å². The van der Waals surface area contributed by atoms with Crippen LogP contribution in [0.4, 0.5) is 11.4 Å². The maximum absolute atomic E-state index is 12.6. The highest BCUT2D eigenvalue weighted by atomic mass is 79.9. The molecule has 2 aromatic carbocycles. The average Bonchev–Trinajstić information content (AvgIpc) is 3.19. The van der Waals surface area contributed by atoms with E-state index in [9.17, 15) is 18.5 Å². The Morgan fingerprint density at radius 3 is 2.56 bits per heavy atom. The summed E-state index contributed by atoms with van der Waals surface area (Å²) in [5, 5.41) is 15.4. The Labute approximate surface area is 165 Å². The molecule has 1 N–H and O–H groups in total. The van der Waals surface area contributed by atoms with Gasteiger partial charge in [0.05, 0.1) is 16.0 Å². The summed E-state index contributed by atoms with van der Waals surface area (Å²) in [5.41, 5.74) is 3.18. The predicted molar refractivity (Wildman–Crippen MR) is 106 cm³/mol. The van der Waals surface area contributed by atoms with Crippen molar-refractivity contribution in [3.8, 4) is 0 Å². The van der Waals surface area contributed by atoms with Crippen molar-refractivity contribution in [3.05, 3.63) is 62.6 Å². The third-order valence-corrected chi connectivity index (χ3v) is 6.78. The lowest BCUT2D eigenvalue weighted by Gasteiger charge is -2.15. The van der Waals surface area contributed by atoms with Crippen LogP contribution >= 0.6 is 15.9 Å². The van der Waals surface area contributed by atoms with Crippen molar-refractivity contribution >= 4 is 43.5 Å². The van der Waals surface area contributed by atoms with Crippen LogP contribution in [0.2, 0.25) is 0 Å². The maximum Gasteiger partial charge on any atom is 0.295 e. The Balaban J connectivity index is 1.86. The van der Waals surface area contributed by atoms with Gasteiger partial charge < -0.3 is 0 Å². The Bertz CT molecular complexity index is 988. The van der Waals surface area contributed by atoms with Crippen molar-refractivity contribution < 1.29 is 13.3 Å². The van der Waals surface area contributed by atoms with Gasteiger partial charge in [-0.3, -0.25) is 15.5 Å². The van der Waals surface area contributed by atoms with Crippen LogP contribution in [0.1, 0.15) is 18.4 Å². The second-order valence-electron chi connectivity index (χ2n) is 5.94. The van der Waals surface area contributed by atoms with Crippen molar-refractivity contribution in [2.24, 2.45) is 5.10 Å². The molecule has 142 valence electrons. The number of benzene rings is 2. The second-order valence-corrected chi connectivity index (χ2v) is 8.73. The monoisotopic (exact) mass is 452 g/mol. The van der Waals surface area contributed by atoms with Crippen LogP contribution < -0.4 is 5.43 Å². The van der Waals surface area contributed by atoms with Gasteiger partial charge >= 0.3 is 0 Å². The third kappa shape index (κ3) is 4.34. The molecule has 0 aromatic heterocycles. The van der Waals surface area contributed by atoms with Crippen molar-refractivity contribution in [1.29, 1.82) is 0 Å². The lowest BCUT2D eigenvalue weighted by Crippen LogP contribution is -2.27. The van der Waals surface area contributed by atoms with Crippen molar-refractivity contribution in [2.45, 2.75) is 17.7 Å². The Hall–Kier alpha value is -2.30. The van der Waals surface area contributed by atoms with E-state index in [1.807, 2.05) is 24.3 Å². The molecular formula is C17H17BrN4O4S. The number of sulfonamides is 1. The molecule has 0 aliphatic carbocycles. The molecule has 1 heterocycles. The standard InChI is InChI=1S/C17H17BrN4O4S/c18-15-6-2-1-5-13(15)12-19-20-16-8-7-14(11-17(16)22(23)24)27(25,26)21-9-3-4-10-21/h1-2,5-8,11-12,20H,3-4,9-10H2/b19-12+. The molecule has 1 aliphatic heterocycles. The Kier molecular flexibility index (Phi) is 5.88. The highest BCUT2D eigenvalue weighted by Crippen LogP contribution is 2.30. The number of hydrogen-bond donors (Lipinski definition) is 1. The number of nitrogens with one attached hydrogen (secondary N) is 1. The first kappa shape index (κ1) is 19.5. The van der Waals surface area contributed by atoms with Crippen molar-refractivity contribution in [2.75, 3.05) is 18.5 Å². The van der Waals surface area contributed by atoms with E-state index in [0.29, 0.717) is 13.1 Å². The van der Waals surface area contributed by atoms with Gasteiger partial charge in [-0.1, -0.05) is 34.1 Å². The van der Waals surface area contributed by atoms with Crippen LogP contribution in [-0.2, 0) is 10.0 Å². The zero-order chi connectivity index (χ0) is 19.4. The first-order chi connectivity index (χ1) is 12.9. The topological polar surface area (TPSA) is 105 Å². The molecule has 0 unspecified atom stereocenters. The molecule has 0 amide bonds. The molecule has 1 fully saturated rings. The molecule has 0 saturated carbocycles. The Morgan fingerprint density at radius 1 is 1.19 bits per heavy atom. The summed E-state index contributed by atoms with van der Waals surface area (Å²) in [6.45, 7) is 0.874. The van der Waals surface area contributed by atoms with Crippen LogP contribution in [0, 0.1) is 10.1 Å². The first-order valence-corrected chi connectivity index (χ1v) is 10.4. The molecule has 0 spiro atoms. The van der Waals surface area contributed by atoms with Crippen LogP contribution in [0.5, 0.6) is 0 Å². The molecule has 0 radical (unpaired) electrons. The SMILES string of the molecule is O=[N+]([O-])c1cc(S(=O)(=O)N2CCCC2)ccc1N/N=C/c1ccccc1Br. The van der Waals surface area contributed by atoms with Gasteiger partial charge in [0.25, 0.3) is 5.69 Å². The fourth-order valence-corrected chi connectivity index (χ4v) is 4.67. The van der Waals surface area contributed by atoms with Gasteiger partial charge in [-0.15, -0.1) is 0 Å². The molecule has 0 bridgehead atoms. The van der Waals surface area contributed by atoms with Gasteiger partial charge in [-0.2, -0.15) is 9.41 Å². The van der Waals surface area contributed by atoms with E-state index in [-0.39, 0.29) is 16.3 Å². The van der Waals surface area contributed by atoms with E-state index in [0.717, 1.165) is 28.9 Å². The molecule has 0 atom stereocenters. The molecule has 2 aromatic rings. The summed E-state index contributed by atoms with van der Waals surface area (Å²) in [6.07, 6.45) is 3.11. The van der Waals surface area contributed by atoms with E-state index in [2.05, 4.69) is 26.5 Å². The van der Waals surface area contributed by atoms with Gasteiger partial charge in [0.15, 0.2) is 0 Å². The minimum absolute atomic E-state index is 0.0866. The van der Waals surface area contributed by atoms with E-state index in [4.69, 9.17) is 0 Å². The highest BCUT2D eigenvalue weighted by molar-refractivity contribution is 9.10. The predicted octanol–water partition coefficient (Wildman–Crippen LogP) is 3.59. The largest absolute Gasteiger partial charge is 0.295 e. The van der Waals surface area contributed by atoms with Crippen molar-refractivity contribution in [1.82, 2.24) is 4.31 Å². The molecular weight excluding hydrogens is 436 g/mol. The number of nitro groups is 1. The number of hydrazone groups is 1. The van der Waals surface area contributed by atoms with E-state index >= 15 is 0 Å². The molecule has 8 nitrogen and oxygen atoms in total. The number of rotatable bonds is 6. The Morgan fingerprint density at radius 2 is 1.89 bits per heavy atom. The number of hydrogen-bond acceptors (Lipinski definition) is 6. The molecule has 3 rings (SSSR count). The smallest absolute Gasteiger partial charge is 0.272 e. The van der Waals surface area contributed by atoms with Gasteiger partial charge in [-0.05, 0) is 31.0 Å². The fraction of sp³-hybridized carbons (Fsp3) is 0.235. The van der Waals surface area contributed by atoms with Crippen LogP contribution in [-0.4, -0.2) is 37.0 Å². The summed E-state index contributed by atoms with van der Waals surface area (Å²) >= 11 is 3.39. The third-order valence-electron chi connectivity index (χ3n) is 4.16. The summed E-state index contributed by atoms with van der Waals surface area (Å²) < 4.78 is 27.4. The molecule has 1 aliphatic rings. The average molecular weight is 453 g/mol. The van der Waals surface area contributed by atoms with Crippen LogP contribution in [0.15, 0.2) is 56.9 Å². The minimum atomic E-state index is -3.72. The van der Waals surface area contributed by atoms with E-state index in [1.165, 1.54) is 22.7 Å². The lowest BCUT2D eigenvalue weighted by molar-refractivity contribution is -0.384. The minimum Gasteiger partial charge on any atom is -0.272 e. The maximum atomic E-state index is 12.6. The summed E-state index contributed by atoms with van der Waals surface area (Å²) in [7, 11) is -3.72. The number of halogens is 1.